The summed E-state index contributed by atoms with van der Waals surface area (Å²) in [5, 5.41) is 9.51. The number of nitrogens with zero attached hydrogens (tertiary/aromatic N) is 2. The number of halogens is 1. The number of hydrogen-bond acceptors (Lipinski definition) is 3. The number of rotatable bonds is 4. The van der Waals surface area contributed by atoms with Crippen LogP contribution in [0.2, 0.25) is 5.02 Å². The maximum Gasteiger partial charge on any atom is 0.305 e. The molecule has 21 heavy (non-hydrogen) atoms. The quantitative estimate of drug-likeness (QED) is 0.920. The van der Waals surface area contributed by atoms with Crippen molar-refractivity contribution in [3.8, 4) is 0 Å². The van der Waals surface area contributed by atoms with Crippen LogP contribution < -0.4 is 0 Å². The summed E-state index contributed by atoms with van der Waals surface area (Å²) in [5.41, 5.74) is 0.541. The van der Waals surface area contributed by atoms with Gasteiger partial charge in [-0.05, 0) is 18.9 Å². The standard InChI is InChI=1S/C14H17ClN2O4/c15-9-5-12(17(7-9)10-1-2-10)14(20)16-3-4-21-8-11(16)6-13(18)19/h5,7,10-11H,1-4,6,8H2,(H,18,19). The molecule has 2 heterocycles. The number of amides is 1. The number of carboxylic acids is 1. The lowest BCUT2D eigenvalue weighted by Crippen LogP contribution is -2.50. The molecule has 1 atom stereocenters. The lowest BCUT2D eigenvalue weighted by atomic mass is 10.1. The number of carbonyl (C=O) groups is 2. The van der Waals surface area contributed by atoms with Crippen molar-refractivity contribution in [1.82, 2.24) is 9.47 Å². The Kier molecular flexibility index (Phi) is 3.91. The van der Waals surface area contributed by atoms with E-state index in [1.54, 1.807) is 17.2 Å². The summed E-state index contributed by atoms with van der Waals surface area (Å²) in [4.78, 5) is 25.3. The van der Waals surface area contributed by atoms with Gasteiger partial charge in [-0.2, -0.15) is 0 Å². The van der Waals surface area contributed by atoms with Gasteiger partial charge in [0, 0.05) is 18.8 Å². The van der Waals surface area contributed by atoms with Gasteiger partial charge in [0.1, 0.15) is 5.69 Å². The molecule has 1 saturated heterocycles. The molecule has 0 bridgehead atoms. The van der Waals surface area contributed by atoms with Crippen LogP contribution in [0.4, 0.5) is 0 Å². The van der Waals surface area contributed by atoms with E-state index in [2.05, 4.69) is 0 Å². The van der Waals surface area contributed by atoms with Gasteiger partial charge in [-0.1, -0.05) is 11.6 Å². The van der Waals surface area contributed by atoms with E-state index in [9.17, 15) is 9.59 Å². The van der Waals surface area contributed by atoms with Crippen LogP contribution in [0.25, 0.3) is 0 Å². The zero-order chi connectivity index (χ0) is 15.0. The summed E-state index contributed by atoms with van der Waals surface area (Å²) in [7, 11) is 0. The predicted octanol–water partition coefficient (Wildman–Crippen LogP) is 1.79. The van der Waals surface area contributed by atoms with E-state index in [1.165, 1.54) is 0 Å². The third kappa shape index (κ3) is 3.06. The van der Waals surface area contributed by atoms with Gasteiger partial charge >= 0.3 is 5.97 Å². The molecule has 7 heteroatoms. The summed E-state index contributed by atoms with van der Waals surface area (Å²) in [5.74, 6) is -1.10. The summed E-state index contributed by atoms with van der Waals surface area (Å²) >= 11 is 6.03. The smallest absolute Gasteiger partial charge is 0.305 e. The number of carboxylic acid groups (broad SMARTS) is 1. The Bertz CT molecular complexity index is 567. The van der Waals surface area contributed by atoms with Crippen molar-refractivity contribution in [3.05, 3.63) is 23.0 Å². The molecule has 3 rings (SSSR count). The molecule has 1 aromatic heterocycles. The second kappa shape index (κ2) is 5.69. The zero-order valence-corrected chi connectivity index (χ0v) is 12.3. The van der Waals surface area contributed by atoms with Crippen LogP contribution in [0.15, 0.2) is 12.3 Å². The van der Waals surface area contributed by atoms with E-state index in [-0.39, 0.29) is 18.9 Å². The van der Waals surface area contributed by atoms with Gasteiger partial charge in [-0.3, -0.25) is 9.59 Å². The molecule has 1 amide bonds. The Morgan fingerprint density at radius 1 is 1.43 bits per heavy atom. The molecule has 1 aromatic rings. The first-order valence-corrected chi connectivity index (χ1v) is 7.42. The average Bonchev–Trinajstić information content (AvgIpc) is 3.21. The van der Waals surface area contributed by atoms with Gasteiger partial charge in [0.05, 0.1) is 30.7 Å². The SMILES string of the molecule is O=C(O)CC1COCCN1C(=O)c1cc(Cl)cn1C1CC1. The van der Waals surface area contributed by atoms with Crippen molar-refractivity contribution in [2.75, 3.05) is 19.8 Å². The molecule has 0 radical (unpaired) electrons. The topological polar surface area (TPSA) is 71.8 Å². The third-order valence-electron chi connectivity index (χ3n) is 3.87. The van der Waals surface area contributed by atoms with Crippen molar-refractivity contribution in [2.45, 2.75) is 31.3 Å². The molecular formula is C14H17ClN2O4. The molecule has 1 aliphatic heterocycles. The number of hydrogen-bond donors (Lipinski definition) is 1. The van der Waals surface area contributed by atoms with Crippen LogP contribution in [0, 0.1) is 0 Å². The molecule has 1 N–H and O–H groups in total. The number of aliphatic carboxylic acids is 1. The van der Waals surface area contributed by atoms with Gasteiger partial charge in [0.25, 0.3) is 5.91 Å². The molecule has 1 aliphatic carbocycles. The molecule has 1 unspecified atom stereocenters. The molecule has 6 nitrogen and oxygen atoms in total. The predicted molar refractivity (Wildman–Crippen MR) is 75.6 cm³/mol. The maximum atomic E-state index is 12.8. The normalized spacial score (nSPS) is 22.3. The molecule has 114 valence electrons. The fraction of sp³-hybridized carbons (Fsp3) is 0.571. The number of morpholine rings is 1. The average molecular weight is 313 g/mol. The summed E-state index contributed by atoms with van der Waals surface area (Å²) < 4.78 is 7.22. The Morgan fingerprint density at radius 3 is 2.86 bits per heavy atom. The minimum atomic E-state index is -0.932. The maximum absolute atomic E-state index is 12.8. The van der Waals surface area contributed by atoms with Crippen molar-refractivity contribution in [1.29, 1.82) is 0 Å². The molecule has 0 spiro atoms. The first-order valence-electron chi connectivity index (χ1n) is 7.04. The van der Waals surface area contributed by atoms with Crippen LogP contribution in [-0.2, 0) is 9.53 Å². The van der Waals surface area contributed by atoms with Gasteiger partial charge in [0.2, 0.25) is 0 Å². The lowest BCUT2D eigenvalue weighted by molar-refractivity contribution is -0.139. The summed E-state index contributed by atoms with van der Waals surface area (Å²) in [6.07, 6.45) is 3.77. The highest BCUT2D eigenvalue weighted by Crippen LogP contribution is 2.37. The van der Waals surface area contributed by atoms with Crippen LogP contribution >= 0.6 is 11.6 Å². The number of aromatic nitrogens is 1. The van der Waals surface area contributed by atoms with E-state index in [0.29, 0.717) is 29.9 Å². The van der Waals surface area contributed by atoms with Crippen LogP contribution in [0.5, 0.6) is 0 Å². The fourth-order valence-electron chi connectivity index (χ4n) is 2.71. The number of ether oxygens (including phenoxy) is 1. The minimum absolute atomic E-state index is 0.108. The molecule has 0 aromatic carbocycles. The summed E-state index contributed by atoms with van der Waals surface area (Å²) in [6, 6.07) is 1.58. The molecule has 1 saturated carbocycles. The van der Waals surface area contributed by atoms with Crippen LogP contribution in [-0.4, -0.2) is 52.3 Å². The lowest BCUT2D eigenvalue weighted by Gasteiger charge is -2.35. The van der Waals surface area contributed by atoms with E-state index in [1.807, 2.05) is 4.57 Å². The Balaban J connectivity index is 1.83. The first kappa shape index (κ1) is 14.4. The zero-order valence-electron chi connectivity index (χ0n) is 11.5. The third-order valence-corrected chi connectivity index (χ3v) is 4.08. The summed E-state index contributed by atoms with van der Waals surface area (Å²) in [6.45, 7) is 1.10. The Morgan fingerprint density at radius 2 is 2.19 bits per heavy atom. The van der Waals surface area contributed by atoms with Gasteiger partial charge in [-0.25, -0.2) is 0 Å². The van der Waals surface area contributed by atoms with Gasteiger partial charge in [0.15, 0.2) is 0 Å². The molecule has 2 aliphatic rings. The first-order chi connectivity index (χ1) is 10.1. The van der Waals surface area contributed by atoms with Crippen molar-refractivity contribution in [2.24, 2.45) is 0 Å². The Hall–Kier alpha value is -1.53. The van der Waals surface area contributed by atoms with Gasteiger partial charge in [-0.15, -0.1) is 0 Å². The van der Waals surface area contributed by atoms with E-state index in [0.717, 1.165) is 12.8 Å². The Labute approximate surface area is 127 Å². The van der Waals surface area contributed by atoms with Crippen molar-refractivity contribution in [3.63, 3.8) is 0 Å². The monoisotopic (exact) mass is 312 g/mol. The number of carbonyl (C=O) groups excluding carboxylic acids is 1. The largest absolute Gasteiger partial charge is 0.481 e. The fourth-order valence-corrected chi connectivity index (χ4v) is 2.92. The van der Waals surface area contributed by atoms with Crippen LogP contribution in [0.1, 0.15) is 35.8 Å². The van der Waals surface area contributed by atoms with E-state index < -0.39 is 12.0 Å². The van der Waals surface area contributed by atoms with E-state index >= 15 is 0 Å². The van der Waals surface area contributed by atoms with Crippen molar-refractivity contribution < 1.29 is 19.4 Å². The molecule has 2 fully saturated rings. The highest BCUT2D eigenvalue weighted by molar-refractivity contribution is 6.31. The van der Waals surface area contributed by atoms with Crippen LogP contribution in [0.3, 0.4) is 0 Å². The second-order valence-electron chi connectivity index (χ2n) is 5.51. The highest BCUT2D eigenvalue weighted by atomic mass is 35.5. The highest BCUT2D eigenvalue weighted by Gasteiger charge is 2.34. The van der Waals surface area contributed by atoms with E-state index in [4.69, 9.17) is 21.4 Å². The second-order valence-corrected chi connectivity index (χ2v) is 5.94. The van der Waals surface area contributed by atoms with Crippen molar-refractivity contribution >= 4 is 23.5 Å². The minimum Gasteiger partial charge on any atom is -0.481 e. The van der Waals surface area contributed by atoms with Gasteiger partial charge < -0.3 is 19.3 Å². The molecular weight excluding hydrogens is 296 g/mol.